The standard InChI is InChI=1S/C29H32F2N2O7S/c1-19-9-7-8-10-24(19)33(2)29(30,31)28(34)32-23-15-20(11-12-25(23)38-4)18-41(35,36)14-13-22-26(39-5)16-21(37-3)17-27(22)40-6/h7-17H,18H2,1-6H3,(H,32,34)/b14-13+. The number of methoxy groups -OCH3 is 4. The predicted octanol–water partition coefficient (Wildman–Crippen LogP) is 5.28. The molecule has 0 atom stereocenters. The van der Waals surface area contributed by atoms with E-state index < -0.39 is 27.5 Å². The molecule has 0 saturated carbocycles. The number of carbonyl (C=O) groups excluding carboxylic acids is 1. The molecular weight excluding hydrogens is 558 g/mol. The van der Waals surface area contributed by atoms with Crippen molar-refractivity contribution in [2.24, 2.45) is 0 Å². The van der Waals surface area contributed by atoms with Gasteiger partial charge in [0.2, 0.25) is 0 Å². The molecule has 0 aliphatic heterocycles. The number of ether oxygens (including phenoxy) is 4. The molecule has 0 bridgehead atoms. The normalized spacial score (nSPS) is 11.7. The average Bonchev–Trinajstić information content (AvgIpc) is 2.95. The van der Waals surface area contributed by atoms with Gasteiger partial charge in [0.05, 0.1) is 45.4 Å². The number of carbonyl (C=O) groups is 1. The molecule has 3 rings (SSSR count). The van der Waals surface area contributed by atoms with Gasteiger partial charge in [-0.3, -0.25) is 4.79 Å². The second kappa shape index (κ2) is 12.9. The molecule has 0 radical (unpaired) electrons. The lowest BCUT2D eigenvalue weighted by Gasteiger charge is -2.29. The molecule has 41 heavy (non-hydrogen) atoms. The maximum absolute atomic E-state index is 15.1. The summed E-state index contributed by atoms with van der Waals surface area (Å²) < 4.78 is 77.4. The van der Waals surface area contributed by atoms with Gasteiger partial charge in [0.15, 0.2) is 9.84 Å². The van der Waals surface area contributed by atoms with E-state index in [1.807, 2.05) is 0 Å². The number of rotatable bonds is 12. The van der Waals surface area contributed by atoms with Crippen molar-refractivity contribution in [3.05, 3.63) is 76.7 Å². The summed E-state index contributed by atoms with van der Waals surface area (Å²) in [6.07, 6.45) is 1.33. The summed E-state index contributed by atoms with van der Waals surface area (Å²) in [5.41, 5.74) is 1.24. The first-order valence-corrected chi connectivity index (χ1v) is 13.9. The van der Waals surface area contributed by atoms with Gasteiger partial charge in [-0.25, -0.2) is 8.42 Å². The van der Waals surface area contributed by atoms with Crippen LogP contribution in [0.2, 0.25) is 0 Å². The number of nitrogens with one attached hydrogen (secondary N) is 1. The van der Waals surface area contributed by atoms with Gasteiger partial charge in [-0.1, -0.05) is 24.3 Å². The van der Waals surface area contributed by atoms with Crippen molar-refractivity contribution >= 4 is 33.2 Å². The highest BCUT2D eigenvalue weighted by Gasteiger charge is 2.44. The molecular formula is C29H32F2N2O7S. The van der Waals surface area contributed by atoms with E-state index in [-0.39, 0.29) is 22.7 Å². The van der Waals surface area contributed by atoms with Gasteiger partial charge in [0.1, 0.15) is 23.0 Å². The third-order valence-corrected chi connectivity index (χ3v) is 7.53. The molecule has 0 heterocycles. The smallest absolute Gasteiger partial charge is 0.404 e. The number of hydrogen-bond donors (Lipinski definition) is 1. The van der Waals surface area contributed by atoms with Crippen LogP contribution in [0.25, 0.3) is 6.08 Å². The molecule has 0 aliphatic carbocycles. The Kier molecular flexibility index (Phi) is 9.82. The van der Waals surface area contributed by atoms with Gasteiger partial charge < -0.3 is 29.2 Å². The van der Waals surface area contributed by atoms with E-state index in [0.717, 1.165) is 12.5 Å². The zero-order valence-corrected chi connectivity index (χ0v) is 24.3. The van der Waals surface area contributed by atoms with Crippen LogP contribution in [-0.2, 0) is 20.4 Å². The minimum Gasteiger partial charge on any atom is -0.496 e. The van der Waals surface area contributed by atoms with Crippen molar-refractivity contribution in [3.63, 3.8) is 0 Å². The Bertz CT molecular complexity index is 1520. The first-order valence-electron chi connectivity index (χ1n) is 12.2. The second-order valence-electron chi connectivity index (χ2n) is 8.93. The molecule has 9 nitrogen and oxygen atoms in total. The van der Waals surface area contributed by atoms with Gasteiger partial charge in [0.25, 0.3) is 0 Å². The Labute approximate surface area is 238 Å². The van der Waals surface area contributed by atoms with Crippen LogP contribution < -0.4 is 29.2 Å². The zero-order chi connectivity index (χ0) is 30.4. The van der Waals surface area contributed by atoms with Gasteiger partial charge in [-0.2, -0.15) is 8.78 Å². The number of alkyl halides is 2. The Hall–Kier alpha value is -4.32. The fourth-order valence-corrected chi connectivity index (χ4v) is 5.12. The summed E-state index contributed by atoms with van der Waals surface area (Å²) in [5.74, 6) is -0.895. The Balaban J connectivity index is 1.86. The minimum absolute atomic E-state index is 0.0806. The Morgan fingerprint density at radius 2 is 1.54 bits per heavy atom. The average molecular weight is 591 g/mol. The monoisotopic (exact) mass is 590 g/mol. The van der Waals surface area contributed by atoms with E-state index in [4.69, 9.17) is 18.9 Å². The fourth-order valence-electron chi connectivity index (χ4n) is 4.03. The SMILES string of the molecule is COc1cc(OC)c(/C=C/S(=O)(=O)Cc2ccc(OC)c(NC(=O)C(F)(F)N(C)c3ccccc3C)c2)c(OC)c1. The van der Waals surface area contributed by atoms with Crippen molar-refractivity contribution in [2.45, 2.75) is 18.7 Å². The van der Waals surface area contributed by atoms with E-state index >= 15 is 8.78 Å². The summed E-state index contributed by atoms with van der Waals surface area (Å²) in [4.78, 5) is 13.3. The summed E-state index contributed by atoms with van der Waals surface area (Å²) in [7, 11) is 2.86. The third-order valence-electron chi connectivity index (χ3n) is 6.25. The highest BCUT2D eigenvalue weighted by atomic mass is 32.2. The molecule has 3 aromatic rings. The molecule has 1 N–H and O–H groups in total. The van der Waals surface area contributed by atoms with Crippen LogP contribution in [0.4, 0.5) is 20.2 Å². The number of hydrogen-bond acceptors (Lipinski definition) is 8. The molecule has 0 aliphatic rings. The van der Waals surface area contributed by atoms with Crippen LogP contribution in [0.1, 0.15) is 16.7 Å². The van der Waals surface area contributed by atoms with Crippen LogP contribution in [0.5, 0.6) is 23.0 Å². The van der Waals surface area contributed by atoms with E-state index in [1.54, 1.807) is 37.3 Å². The highest BCUT2D eigenvalue weighted by Crippen LogP contribution is 2.36. The Morgan fingerprint density at radius 1 is 0.927 bits per heavy atom. The van der Waals surface area contributed by atoms with Crippen LogP contribution >= 0.6 is 0 Å². The maximum Gasteiger partial charge on any atom is 0.404 e. The number of sulfone groups is 1. The summed E-state index contributed by atoms with van der Waals surface area (Å²) in [6.45, 7) is 1.65. The maximum atomic E-state index is 15.1. The molecule has 1 amide bonds. The fraction of sp³-hybridized carbons (Fsp3) is 0.276. The van der Waals surface area contributed by atoms with E-state index in [0.29, 0.717) is 33.3 Å². The lowest BCUT2D eigenvalue weighted by molar-refractivity contribution is -0.139. The van der Waals surface area contributed by atoms with Crippen LogP contribution in [0.15, 0.2) is 60.0 Å². The molecule has 220 valence electrons. The number of nitrogens with zero attached hydrogens (tertiary/aromatic N) is 1. The van der Waals surface area contributed by atoms with Crippen molar-refractivity contribution in [2.75, 3.05) is 45.7 Å². The number of para-hydroxylation sites is 1. The number of aryl methyl sites for hydroxylation is 1. The van der Waals surface area contributed by atoms with Crippen molar-refractivity contribution in [3.8, 4) is 23.0 Å². The van der Waals surface area contributed by atoms with E-state index in [1.165, 1.54) is 58.8 Å². The van der Waals surface area contributed by atoms with Gasteiger partial charge in [-0.15, -0.1) is 0 Å². The largest absolute Gasteiger partial charge is 0.496 e. The van der Waals surface area contributed by atoms with Gasteiger partial charge in [-0.05, 0) is 42.3 Å². The molecule has 0 unspecified atom stereocenters. The van der Waals surface area contributed by atoms with Gasteiger partial charge in [0, 0.05) is 30.3 Å². The predicted molar refractivity (Wildman–Crippen MR) is 154 cm³/mol. The Morgan fingerprint density at radius 3 is 2.10 bits per heavy atom. The lowest BCUT2D eigenvalue weighted by atomic mass is 10.1. The summed E-state index contributed by atoms with van der Waals surface area (Å²) >= 11 is 0. The van der Waals surface area contributed by atoms with Crippen LogP contribution in [-0.4, -0.2) is 55.9 Å². The quantitative estimate of drug-likeness (QED) is 0.284. The number of benzene rings is 3. The molecule has 0 fully saturated rings. The zero-order valence-electron chi connectivity index (χ0n) is 23.5. The van der Waals surface area contributed by atoms with Crippen LogP contribution in [0.3, 0.4) is 0 Å². The first kappa shape index (κ1) is 31.2. The van der Waals surface area contributed by atoms with E-state index in [2.05, 4.69) is 5.32 Å². The number of anilines is 2. The number of halogens is 2. The van der Waals surface area contributed by atoms with Crippen molar-refractivity contribution < 1.29 is 40.9 Å². The molecule has 0 spiro atoms. The van der Waals surface area contributed by atoms with Crippen molar-refractivity contribution in [1.29, 1.82) is 0 Å². The van der Waals surface area contributed by atoms with Gasteiger partial charge >= 0.3 is 12.0 Å². The first-order chi connectivity index (χ1) is 19.4. The number of amides is 1. The lowest BCUT2D eigenvalue weighted by Crippen LogP contribution is -2.49. The molecule has 0 aromatic heterocycles. The molecule has 0 saturated heterocycles. The molecule has 3 aromatic carbocycles. The highest BCUT2D eigenvalue weighted by molar-refractivity contribution is 7.93. The van der Waals surface area contributed by atoms with E-state index in [9.17, 15) is 13.2 Å². The van der Waals surface area contributed by atoms with Crippen molar-refractivity contribution in [1.82, 2.24) is 0 Å². The topological polar surface area (TPSA) is 103 Å². The molecule has 12 heteroatoms. The summed E-state index contributed by atoms with van der Waals surface area (Å²) in [6, 6.07) is 9.80. The minimum atomic E-state index is -3.93. The number of likely N-dealkylation sites (N-methyl/N-ethyl adjacent to an activating group) is 1. The summed E-state index contributed by atoms with van der Waals surface area (Å²) in [5, 5.41) is 3.18. The third kappa shape index (κ3) is 7.26. The second-order valence-corrected chi connectivity index (χ2v) is 10.8. The van der Waals surface area contributed by atoms with Crippen LogP contribution in [0, 0.1) is 6.92 Å².